The van der Waals surface area contributed by atoms with Gasteiger partial charge in [-0.25, -0.2) is 4.57 Å². The van der Waals surface area contributed by atoms with E-state index in [0.29, 0.717) is 0 Å². The highest BCUT2D eigenvalue weighted by molar-refractivity contribution is 7.52. The van der Waals surface area contributed by atoms with Crippen molar-refractivity contribution in [3.05, 3.63) is 12.8 Å². The van der Waals surface area contributed by atoms with Crippen LogP contribution in [-0.4, -0.2) is 22.8 Å². The number of rotatable bonds is 4. The summed E-state index contributed by atoms with van der Waals surface area (Å²) in [5.74, 6) is 0. The SMILES string of the molecule is C=COP(=O)(O)CCO. The minimum Gasteiger partial charge on any atom is -0.433 e. The lowest BCUT2D eigenvalue weighted by molar-refractivity contribution is 0.293. The number of aliphatic hydroxyl groups excluding tert-OH is 1. The average Bonchev–Trinajstić information content (AvgIpc) is 1.64. The van der Waals surface area contributed by atoms with Crippen molar-refractivity contribution in [1.29, 1.82) is 0 Å². The van der Waals surface area contributed by atoms with Crippen molar-refractivity contribution in [1.82, 2.24) is 0 Å². The molecule has 0 aromatic rings. The largest absolute Gasteiger partial charge is 0.433 e. The maximum atomic E-state index is 10.5. The van der Waals surface area contributed by atoms with Crippen LogP contribution in [-0.2, 0) is 9.09 Å². The minimum absolute atomic E-state index is 0.251. The summed E-state index contributed by atoms with van der Waals surface area (Å²) in [5, 5.41) is 8.18. The second-order valence-electron chi connectivity index (χ2n) is 1.36. The van der Waals surface area contributed by atoms with Crippen LogP contribution in [0.4, 0.5) is 0 Å². The van der Waals surface area contributed by atoms with Crippen molar-refractivity contribution >= 4 is 7.60 Å². The van der Waals surface area contributed by atoms with Crippen LogP contribution in [0.25, 0.3) is 0 Å². The van der Waals surface area contributed by atoms with E-state index in [4.69, 9.17) is 10.00 Å². The fraction of sp³-hybridized carbons (Fsp3) is 0.500. The summed E-state index contributed by atoms with van der Waals surface area (Å²) in [6.07, 6.45) is 0.634. The molecule has 1 atom stereocenters. The third kappa shape index (κ3) is 4.21. The lowest BCUT2D eigenvalue weighted by Gasteiger charge is -2.06. The van der Waals surface area contributed by atoms with Crippen LogP contribution >= 0.6 is 7.60 Å². The van der Waals surface area contributed by atoms with Gasteiger partial charge in [-0.05, 0) is 0 Å². The first-order valence-corrected chi connectivity index (χ1v) is 4.10. The van der Waals surface area contributed by atoms with Crippen molar-refractivity contribution in [2.45, 2.75) is 0 Å². The normalized spacial score (nSPS) is 16.2. The molecule has 4 nitrogen and oxygen atoms in total. The summed E-state index contributed by atoms with van der Waals surface area (Å²) in [6, 6.07) is 0. The maximum absolute atomic E-state index is 10.5. The molecule has 0 spiro atoms. The van der Waals surface area contributed by atoms with Crippen LogP contribution in [0, 0.1) is 0 Å². The van der Waals surface area contributed by atoms with Gasteiger partial charge in [0.25, 0.3) is 0 Å². The summed E-state index contributed by atoms with van der Waals surface area (Å²) in [4.78, 5) is 8.62. The fourth-order valence-electron chi connectivity index (χ4n) is 0.296. The first-order valence-electron chi connectivity index (χ1n) is 2.34. The first-order chi connectivity index (χ1) is 4.12. The van der Waals surface area contributed by atoms with Crippen molar-refractivity contribution < 1.29 is 19.1 Å². The summed E-state index contributed by atoms with van der Waals surface area (Å²) >= 11 is 0. The van der Waals surface area contributed by atoms with Crippen LogP contribution in [0.2, 0.25) is 0 Å². The average molecular weight is 152 g/mol. The highest BCUT2D eigenvalue weighted by Crippen LogP contribution is 2.40. The molecule has 0 aliphatic rings. The molecule has 0 radical (unpaired) electrons. The molecule has 0 heterocycles. The summed E-state index contributed by atoms with van der Waals surface area (Å²) in [5.41, 5.74) is 0. The Labute approximate surface area is 53.3 Å². The van der Waals surface area contributed by atoms with Gasteiger partial charge in [-0.3, -0.25) is 0 Å². The predicted molar refractivity (Wildman–Crippen MR) is 33.1 cm³/mol. The highest BCUT2D eigenvalue weighted by atomic mass is 31.2. The zero-order chi connectivity index (χ0) is 7.33. The Morgan fingerprint density at radius 2 is 2.33 bits per heavy atom. The number of hydrogen-bond donors (Lipinski definition) is 2. The van der Waals surface area contributed by atoms with Gasteiger partial charge in [0, 0.05) is 0 Å². The number of hydrogen-bond acceptors (Lipinski definition) is 3. The third-order valence-corrected chi connectivity index (χ3v) is 1.87. The van der Waals surface area contributed by atoms with Gasteiger partial charge in [0.05, 0.1) is 19.0 Å². The predicted octanol–water partition coefficient (Wildman–Crippen LogP) is 0.324. The Bertz CT molecular complexity index is 133. The van der Waals surface area contributed by atoms with E-state index in [2.05, 4.69) is 11.1 Å². The lowest BCUT2D eigenvalue weighted by atomic mass is 10.9. The maximum Gasteiger partial charge on any atom is 0.378 e. The van der Waals surface area contributed by atoms with E-state index in [1.807, 2.05) is 0 Å². The standard InChI is InChI=1S/C4H9O4P/c1-2-8-9(6,7)4-3-5/h2,5H,1,3-4H2,(H,6,7). The van der Waals surface area contributed by atoms with Crippen molar-refractivity contribution in [2.24, 2.45) is 0 Å². The molecule has 1 unspecified atom stereocenters. The highest BCUT2D eigenvalue weighted by Gasteiger charge is 2.16. The molecule has 0 rings (SSSR count). The Balaban J connectivity index is 3.71. The molecule has 0 amide bonds. The fourth-order valence-corrected chi connectivity index (χ4v) is 0.887. The zero-order valence-corrected chi connectivity index (χ0v) is 5.75. The molecule has 0 fully saturated rings. The Morgan fingerprint density at radius 3 is 2.67 bits per heavy atom. The molecule has 0 aromatic heterocycles. The molecule has 0 aliphatic carbocycles. The summed E-state index contributed by atoms with van der Waals surface area (Å²) in [6.45, 7) is 2.73. The van der Waals surface area contributed by atoms with Crippen LogP contribution < -0.4 is 0 Å². The Kier molecular flexibility index (Phi) is 3.54. The van der Waals surface area contributed by atoms with Crippen LogP contribution in [0.3, 0.4) is 0 Å². The van der Waals surface area contributed by atoms with E-state index in [9.17, 15) is 4.57 Å². The molecule has 9 heavy (non-hydrogen) atoms. The van der Waals surface area contributed by atoms with E-state index in [1.54, 1.807) is 0 Å². The molecule has 0 bridgehead atoms. The van der Waals surface area contributed by atoms with Gasteiger partial charge in [0.1, 0.15) is 0 Å². The summed E-state index contributed by atoms with van der Waals surface area (Å²) in [7, 11) is -3.56. The Morgan fingerprint density at radius 1 is 1.78 bits per heavy atom. The van der Waals surface area contributed by atoms with Gasteiger partial charge in [-0.15, -0.1) is 0 Å². The molecular formula is C4H9O4P. The summed E-state index contributed by atoms with van der Waals surface area (Å²) < 4.78 is 14.7. The minimum atomic E-state index is -3.56. The van der Waals surface area contributed by atoms with Gasteiger partial charge in [-0.1, -0.05) is 6.58 Å². The van der Waals surface area contributed by atoms with Crippen molar-refractivity contribution in [3.63, 3.8) is 0 Å². The quantitative estimate of drug-likeness (QED) is 0.449. The molecule has 0 aliphatic heterocycles. The topological polar surface area (TPSA) is 66.8 Å². The van der Waals surface area contributed by atoms with Crippen LogP contribution in [0.15, 0.2) is 12.8 Å². The lowest BCUT2D eigenvalue weighted by Crippen LogP contribution is -1.94. The molecule has 0 aromatic carbocycles. The van der Waals surface area contributed by atoms with Gasteiger partial charge in [0.15, 0.2) is 0 Å². The smallest absolute Gasteiger partial charge is 0.378 e. The monoisotopic (exact) mass is 152 g/mol. The van der Waals surface area contributed by atoms with E-state index in [-0.39, 0.29) is 12.8 Å². The molecule has 5 heteroatoms. The number of aliphatic hydroxyl groups is 1. The van der Waals surface area contributed by atoms with Gasteiger partial charge in [0.2, 0.25) is 0 Å². The zero-order valence-electron chi connectivity index (χ0n) is 4.86. The Hall–Kier alpha value is -0.310. The molecule has 2 N–H and O–H groups in total. The van der Waals surface area contributed by atoms with Gasteiger partial charge >= 0.3 is 7.60 Å². The van der Waals surface area contributed by atoms with Crippen LogP contribution in [0.5, 0.6) is 0 Å². The van der Waals surface area contributed by atoms with Crippen LogP contribution in [0.1, 0.15) is 0 Å². The van der Waals surface area contributed by atoms with Crippen molar-refractivity contribution in [2.75, 3.05) is 12.8 Å². The van der Waals surface area contributed by atoms with E-state index in [1.165, 1.54) is 0 Å². The molecule has 54 valence electrons. The van der Waals surface area contributed by atoms with E-state index >= 15 is 0 Å². The molecule has 0 saturated heterocycles. The second-order valence-corrected chi connectivity index (χ2v) is 3.29. The molecular weight excluding hydrogens is 143 g/mol. The first kappa shape index (κ1) is 8.69. The van der Waals surface area contributed by atoms with E-state index in [0.717, 1.165) is 6.26 Å². The third-order valence-electron chi connectivity index (χ3n) is 0.622. The second kappa shape index (κ2) is 3.67. The van der Waals surface area contributed by atoms with E-state index < -0.39 is 7.60 Å². The van der Waals surface area contributed by atoms with Gasteiger partial charge in [-0.2, -0.15) is 0 Å². The van der Waals surface area contributed by atoms with Gasteiger partial charge < -0.3 is 14.5 Å². The van der Waals surface area contributed by atoms with Crippen molar-refractivity contribution in [3.8, 4) is 0 Å². The molecule has 0 saturated carbocycles.